The number of aliphatic carboxylic acids is 1. The van der Waals surface area contributed by atoms with Crippen LogP contribution in [0.4, 0.5) is 0 Å². The van der Waals surface area contributed by atoms with Crippen LogP contribution in [0.5, 0.6) is 5.75 Å². The molecule has 0 aromatic heterocycles. The van der Waals surface area contributed by atoms with Gasteiger partial charge in [0.25, 0.3) is 5.91 Å². The van der Waals surface area contributed by atoms with Crippen LogP contribution in [-0.4, -0.2) is 34.0 Å². The van der Waals surface area contributed by atoms with Crippen LogP contribution in [0.15, 0.2) is 66.7 Å². The lowest BCUT2D eigenvalue weighted by Gasteiger charge is -2.36. The van der Waals surface area contributed by atoms with Crippen molar-refractivity contribution < 1.29 is 19.4 Å². The molecule has 188 valence electrons. The summed E-state index contributed by atoms with van der Waals surface area (Å²) in [6.45, 7) is 6.31. The van der Waals surface area contributed by atoms with E-state index in [-0.39, 0.29) is 24.6 Å². The molecule has 1 heterocycles. The summed E-state index contributed by atoms with van der Waals surface area (Å²) in [5.41, 5.74) is 4.47. The Hall–Kier alpha value is -3.31. The summed E-state index contributed by atoms with van der Waals surface area (Å²) in [6, 6.07) is 21.2. The van der Waals surface area contributed by atoms with Gasteiger partial charge < -0.3 is 14.7 Å². The van der Waals surface area contributed by atoms with Gasteiger partial charge in [0.05, 0.1) is 0 Å². The topological polar surface area (TPSA) is 66.8 Å². The summed E-state index contributed by atoms with van der Waals surface area (Å²) in [5, 5.41) is 9.97. The first-order valence-electron chi connectivity index (χ1n) is 12.3. The average molecular weight is 506 g/mol. The number of amides is 1. The molecule has 0 fully saturated rings. The van der Waals surface area contributed by atoms with Gasteiger partial charge in [-0.2, -0.15) is 0 Å². The van der Waals surface area contributed by atoms with Crippen molar-refractivity contribution in [3.63, 3.8) is 0 Å². The Balaban J connectivity index is 1.48. The lowest BCUT2D eigenvalue weighted by atomic mass is 9.86. The van der Waals surface area contributed by atoms with E-state index in [1.165, 1.54) is 16.0 Å². The van der Waals surface area contributed by atoms with Gasteiger partial charge in [-0.1, -0.05) is 61.8 Å². The third-order valence-corrected chi connectivity index (χ3v) is 6.96. The van der Waals surface area contributed by atoms with Crippen molar-refractivity contribution in [2.75, 3.05) is 6.54 Å². The predicted octanol–water partition coefficient (Wildman–Crippen LogP) is 6.52. The van der Waals surface area contributed by atoms with Crippen molar-refractivity contribution in [3.05, 3.63) is 99.6 Å². The summed E-state index contributed by atoms with van der Waals surface area (Å²) < 4.78 is 6.44. The van der Waals surface area contributed by atoms with E-state index in [1.54, 1.807) is 30.3 Å². The standard InChI is InChI=1S/C30H32ClNO4/c1-20(2)23-8-4-21(5-9-23)17-30(3)15-14-24-16-25(10-13-27(24)36-30)29(35)32(19-28(33)34)18-22-6-11-26(31)12-7-22/h4-13,16,20H,14-15,17-19H2,1-3H3,(H,33,34). The van der Waals surface area contributed by atoms with E-state index in [4.69, 9.17) is 16.3 Å². The lowest BCUT2D eigenvalue weighted by Crippen LogP contribution is -2.39. The number of aryl methyl sites for hydroxylation is 1. The molecule has 36 heavy (non-hydrogen) atoms. The second kappa shape index (κ2) is 10.8. The number of nitrogens with zero attached hydrogens (tertiary/aromatic N) is 1. The molecule has 1 unspecified atom stereocenters. The monoisotopic (exact) mass is 505 g/mol. The maximum Gasteiger partial charge on any atom is 0.323 e. The van der Waals surface area contributed by atoms with E-state index in [9.17, 15) is 14.7 Å². The molecule has 0 saturated carbocycles. The number of benzene rings is 3. The van der Waals surface area contributed by atoms with Crippen LogP contribution in [0.3, 0.4) is 0 Å². The minimum atomic E-state index is -1.06. The number of carboxylic acid groups (broad SMARTS) is 1. The van der Waals surface area contributed by atoms with E-state index in [0.29, 0.717) is 16.5 Å². The summed E-state index contributed by atoms with van der Waals surface area (Å²) >= 11 is 5.95. The summed E-state index contributed by atoms with van der Waals surface area (Å²) in [5.74, 6) is -0.104. The molecule has 6 heteroatoms. The normalized spacial score (nSPS) is 16.8. The fourth-order valence-corrected chi connectivity index (χ4v) is 4.78. The first-order valence-corrected chi connectivity index (χ1v) is 12.7. The molecule has 0 bridgehead atoms. The Kier molecular flexibility index (Phi) is 7.70. The van der Waals surface area contributed by atoms with Crippen molar-refractivity contribution in [1.29, 1.82) is 0 Å². The van der Waals surface area contributed by atoms with Crippen LogP contribution in [0, 0.1) is 0 Å². The molecule has 0 aliphatic carbocycles. The second-order valence-corrected chi connectivity index (χ2v) is 10.6. The number of hydrogen-bond donors (Lipinski definition) is 1. The highest BCUT2D eigenvalue weighted by Crippen LogP contribution is 2.36. The fourth-order valence-electron chi connectivity index (χ4n) is 4.66. The molecule has 0 spiro atoms. The zero-order chi connectivity index (χ0) is 25.9. The summed E-state index contributed by atoms with van der Waals surface area (Å²) in [4.78, 5) is 26.1. The summed E-state index contributed by atoms with van der Waals surface area (Å²) in [6.07, 6.45) is 2.42. The highest BCUT2D eigenvalue weighted by molar-refractivity contribution is 6.30. The molecule has 1 N–H and O–H groups in total. The van der Waals surface area contributed by atoms with Gasteiger partial charge in [-0.05, 0) is 78.3 Å². The lowest BCUT2D eigenvalue weighted by molar-refractivity contribution is -0.137. The number of carbonyl (C=O) groups is 2. The Labute approximate surface area is 217 Å². The minimum absolute atomic E-state index is 0.184. The molecule has 4 rings (SSSR count). The predicted molar refractivity (Wildman–Crippen MR) is 142 cm³/mol. The third-order valence-electron chi connectivity index (χ3n) is 6.71. The molecular formula is C30H32ClNO4. The Morgan fingerprint density at radius 3 is 2.33 bits per heavy atom. The SMILES string of the molecule is CC(C)c1ccc(CC2(C)CCc3cc(C(=O)N(CC(=O)O)Cc4ccc(Cl)cc4)ccc3O2)cc1. The smallest absolute Gasteiger partial charge is 0.323 e. The van der Waals surface area contributed by atoms with Crippen molar-refractivity contribution >= 4 is 23.5 Å². The molecule has 3 aromatic carbocycles. The van der Waals surface area contributed by atoms with Crippen LogP contribution in [0.1, 0.15) is 65.7 Å². The number of ether oxygens (including phenoxy) is 1. The van der Waals surface area contributed by atoms with Crippen LogP contribution < -0.4 is 4.74 Å². The zero-order valence-electron chi connectivity index (χ0n) is 21.0. The highest BCUT2D eigenvalue weighted by Gasteiger charge is 2.32. The maximum atomic E-state index is 13.3. The van der Waals surface area contributed by atoms with E-state index < -0.39 is 5.97 Å². The first-order chi connectivity index (χ1) is 17.1. The van der Waals surface area contributed by atoms with Gasteiger partial charge in [0, 0.05) is 23.6 Å². The Morgan fingerprint density at radius 2 is 1.69 bits per heavy atom. The number of carbonyl (C=O) groups excluding carboxylic acids is 1. The average Bonchev–Trinajstić information content (AvgIpc) is 2.84. The number of fused-ring (bicyclic) bond motifs is 1. The zero-order valence-corrected chi connectivity index (χ0v) is 21.7. The van der Waals surface area contributed by atoms with E-state index in [1.807, 2.05) is 12.1 Å². The van der Waals surface area contributed by atoms with Crippen LogP contribution in [-0.2, 0) is 24.2 Å². The van der Waals surface area contributed by atoms with Crippen molar-refractivity contribution in [3.8, 4) is 5.75 Å². The van der Waals surface area contributed by atoms with Crippen LogP contribution in [0.2, 0.25) is 5.02 Å². The molecule has 1 amide bonds. The second-order valence-electron chi connectivity index (χ2n) is 10.1. The number of halogens is 1. The van der Waals surface area contributed by atoms with Gasteiger partial charge >= 0.3 is 5.97 Å². The van der Waals surface area contributed by atoms with Gasteiger partial charge in [-0.25, -0.2) is 0 Å². The van der Waals surface area contributed by atoms with Gasteiger partial charge in [0.2, 0.25) is 0 Å². The summed E-state index contributed by atoms with van der Waals surface area (Å²) in [7, 11) is 0. The van der Waals surface area contributed by atoms with Crippen LogP contribution >= 0.6 is 11.6 Å². The molecule has 1 aliphatic rings. The molecular weight excluding hydrogens is 474 g/mol. The maximum absolute atomic E-state index is 13.3. The van der Waals surface area contributed by atoms with Crippen LogP contribution in [0.25, 0.3) is 0 Å². The van der Waals surface area contributed by atoms with E-state index in [0.717, 1.165) is 36.1 Å². The first kappa shape index (κ1) is 25.8. The van der Waals surface area contributed by atoms with Gasteiger partial charge in [-0.15, -0.1) is 0 Å². The van der Waals surface area contributed by atoms with Gasteiger partial charge in [-0.3, -0.25) is 9.59 Å². The fraction of sp³-hybridized carbons (Fsp3) is 0.333. The van der Waals surface area contributed by atoms with Crippen molar-refractivity contribution in [2.24, 2.45) is 0 Å². The van der Waals surface area contributed by atoms with Crippen molar-refractivity contribution in [2.45, 2.75) is 58.1 Å². The largest absolute Gasteiger partial charge is 0.487 e. The quantitative estimate of drug-likeness (QED) is 0.378. The molecule has 1 aliphatic heterocycles. The van der Waals surface area contributed by atoms with E-state index >= 15 is 0 Å². The molecule has 0 radical (unpaired) electrons. The highest BCUT2D eigenvalue weighted by atomic mass is 35.5. The Morgan fingerprint density at radius 1 is 1.03 bits per heavy atom. The third kappa shape index (κ3) is 6.27. The molecule has 3 aromatic rings. The molecule has 0 saturated heterocycles. The van der Waals surface area contributed by atoms with Crippen molar-refractivity contribution in [1.82, 2.24) is 4.90 Å². The Bertz CT molecular complexity index is 1240. The van der Waals surface area contributed by atoms with Gasteiger partial charge in [0.1, 0.15) is 17.9 Å². The van der Waals surface area contributed by atoms with E-state index in [2.05, 4.69) is 45.0 Å². The molecule has 1 atom stereocenters. The minimum Gasteiger partial charge on any atom is -0.487 e. The number of rotatable bonds is 8. The van der Waals surface area contributed by atoms with Gasteiger partial charge in [0.15, 0.2) is 0 Å². The number of hydrogen-bond acceptors (Lipinski definition) is 3. The molecule has 5 nitrogen and oxygen atoms in total. The number of carboxylic acids is 1.